The van der Waals surface area contributed by atoms with Crippen molar-refractivity contribution in [3.63, 3.8) is 0 Å². The molecule has 3 aromatic carbocycles. The Labute approximate surface area is 162 Å². The van der Waals surface area contributed by atoms with E-state index in [1.165, 1.54) is 15.9 Å². The van der Waals surface area contributed by atoms with E-state index < -0.39 is 7.26 Å². The highest BCUT2D eigenvalue weighted by Gasteiger charge is 2.46. The minimum atomic E-state index is -1.75. The zero-order chi connectivity index (χ0) is 16.8. The molecule has 0 heterocycles. The summed E-state index contributed by atoms with van der Waals surface area (Å²) >= 11 is 0. The number of rotatable bonds is 6. The van der Waals surface area contributed by atoms with Crippen LogP contribution in [0.4, 0.5) is 0 Å². The van der Waals surface area contributed by atoms with Gasteiger partial charge in [-0.05, 0) is 43.3 Å². The van der Waals surface area contributed by atoms with Crippen LogP contribution in [0.2, 0.25) is 0 Å². The summed E-state index contributed by atoms with van der Waals surface area (Å²) in [6, 6.07) is 32.8. The maximum absolute atomic E-state index is 5.70. The third kappa shape index (κ3) is 4.20. The normalized spacial score (nSPS) is 12.2. The Kier molecular flexibility index (Phi) is 7.38. The highest BCUT2D eigenvalue weighted by Crippen LogP contribution is 2.55. The first-order valence-electron chi connectivity index (χ1n) is 8.35. The van der Waals surface area contributed by atoms with Crippen LogP contribution >= 0.6 is 24.2 Å². The lowest BCUT2D eigenvalue weighted by atomic mass is 10.3. The van der Waals surface area contributed by atoms with Crippen molar-refractivity contribution in [1.29, 1.82) is 0 Å². The van der Waals surface area contributed by atoms with E-state index in [1.807, 2.05) is 0 Å². The quantitative estimate of drug-likeness (QED) is 0.534. The van der Waals surface area contributed by atoms with Gasteiger partial charge in [-0.25, -0.2) is 0 Å². The summed E-state index contributed by atoms with van der Waals surface area (Å²) < 4.78 is 5.70. The topological polar surface area (TPSA) is 9.23 Å². The molecule has 0 bridgehead atoms. The summed E-state index contributed by atoms with van der Waals surface area (Å²) in [5.74, 6) is 0. The molecule has 0 fully saturated rings. The average molecular weight is 416 g/mol. The summed E-state index contributed by atoms with van der Waals surface area (Å²) in [4.78, 5) is 0. The van der Waals surface area contributed by atoms with E-state index in [0.29, 0.717) is 0 Å². The highest BCUT2D eigenvalue weighted by atomic mass is 79.9. The molecule has 3 aromatic rings. The molecule has 25 heavy (non-hydrogen) atoms. The molecular weight excluding hydrogens is 391 g/mol. The Bertz CT molecular complexity index is 650. The molecule has 0 aliphatic carbocycles. The van der Waals surface area contributed by atoms with Gasteiger partial charge in [0.2, 0.25) is 0 Å². The second-order valence-electron chi connectivity index (χ2n) is 6.05. The molecule has 0 saturated heterocycles. The van der Waals surface area contributed by atoms with Gasteiger partial charge in [0.05, 0.1) is 12.3 Å². The third-order valence-corrected chi connectivity index (χ3v) is 9.13. The van der Waals surface area contributed by atoms with Crippen molar-refractivity contribution in [3.05, 3.63) is 91.0 Å². The van der Waals surface area contributed by atoms with Crippen molar-refractivity contribution in [3.8, 4) is 0 Å². The summed E-state index contributed by atoms with van der Waals surface area (Å²) in [5.41, 5.74) is 0. The molecular formula is C22H25BrOP+. The van der Waals surface area contributed by atoms with Crippen molar-refractivity contribution >= 4 is 40.2 Å². The van der Waals surface area contributed by atoms with E-state index in [9.17, 15) is 0 Å². The van der Waals surface area contributed by atoms with Gasteiger partial charge in [-0.3, -0.25) is 0 Å². The molecule has 0 radical (unpaired) electrons. The molecule has 1 atom stereocenters. The number of benzene rings is 3. The second-order valence-corrected chi connectivity index (χ2v) is 9.58. The molecule has 3 rings (SSSR count). The zero-order valence-corrected chi connectivity index (χ0v) is 17.3. The Morgan fingerprint density at radius 3 is 1.28 bits per heavy atom. The van der Waals surface area contributed by atoms with Crippen molar-refractivity contribution in [1.82, 2.24) is 0 Å². The van der Waals surface area contributed by atoms with Crippen LogP contribution in [-0.4, -0.2) is 19.4 Å². The summed E-state index contributed by atoms with van der Waals surface area (Å²) in [5, 5.41) is 4.23. The maximum Gasteiger partial charge on any atom is 0.114 e. The largest absolute Gasteiger partial charge is 0.378 e. The molecule has 0 aliphatic heterocycles. The van der Waals surface area contributed by atoms with Crippen molar-refractivity contribution in [2.75, 3.05) is 13.3 Å². The van der Waals surface area contributed by atoms with Crippen LogP contribution in [0.15, 0.2) is 91.0 Å². The Hall–Kier alpha value is -1.47. The van der Waals surface area contributed by atoms with Gasteiger partial charge in [0.15, 0.2) is 0 Å². The van der Waals surface area contributed by atoms with E-state index in [1.54, 1.807) is 7.11 Å². The SMILES string of the molecule is Br.COC(C)C[P+](c1ccccc1)(c1ccccc1)c1ccccc1. The lowest BCUT2D eigenvalue weighted by molar-refractivity contribution is 0.137. The zero-order valence-electron chi connectivity index (χ0n) is 14.7. The number of methoxy groups -OCH3 is 1. The second kappa shape index (κ2) is 9.29. The molecule has 0 amide bonds. The van der Waals surface area contributed by atoms with Crippen molar-refractivity contribution in [2.24, 2.45) is 0 Å². The first-order chi connectivity index (χ1) is 11.8. The molecule has 0 spiro atoms. The van der Waals surface area contributed by atoms with E-state index in [-0.39, 0.29) is 23.1 Å². The monoisotopic (exact) mass is 415 g/mol. The summed E-state index contributed by atoms with van der Waals surface area (Å²) in [7, 11) is 0.0550. The van der Waals surface area contributed by atoms with Crippen LogP contribution in [-0.2, 0) is 4.74 Å². The number of hydrogen-bond acceptors (Lipinski definition) is 1. The molecule has 3 heteroatoms. The number of ether oxygens (including phenoxy) is 1. The third-order valence-electron chi connectivity index (χ3n) is 4.52. The number of hydrogen-bond donors (Lipinski definition) is 0. The van der Waals surface area contributed by atoms with Crippen LogP contribution in [0.3, 0.4) is 0 Å². The van der Waals surface area contributed by atoms with E-state index in [4.69, 9.17) is 4.74 Å². The Morgan fingerprint density at radius 2 is 1.00 bits per heavy atom. The van der Waals surface area contributed by atoms with Crippen LogP contribution in [0.25, 0.3) is 0 Å². The highest BCUT2D eigenvalue weighted by molar-refractivity contribution is 8.93. The van der Waals surface area contributed by atoms with Crippen LogP contribution in [0.5, 0.6) is 0 Å². The fourth-order valence-electron chi connectivity index (χ4n) is 3.27. The van der Waals surface area contributed by atoms with E-state index >= 15 is 0 Å². The van der Waals surface area contributed by atoms with E-state index in [0.717, 1.165) is 6.16 Å². The van der Waals surface area contributed by atoms with Gasteiger partial charge in [-0.2, -0.15) is 0 Å². The van der Waals surface area contributed by atoms with Crippen molar-refractivity contribution < 1.29 is 4.74 Å². The van der Waals surface area contributed by atoms with Crippen LogP contribution in [0.1, 0.15) is 6.92 Å². The molecule has 0 aromatic heterocycles. The Morgan fingerprint density at radius 1 is 0.680 bits per heavy atom. The van der Waals surface area contributed by atoms with Gasteiger partial charge >= 0.3 is 0 Å². The van der Waals surface area contributed by atoms with Gasteiger partial charge in [0.25, 0.3) is 0 Å². The van der Waals surface area contributed by atoms with Crippen LogP contribution < -0.4 is 15.9 Å². The molecule has 0 saturated carbocycles. The number of halogens is 1. The molecule has 1 unspecified atom stereocenters. The molecule has 1 nitrogen and oxygen atoms in total. The van der Waals surface area contributed by atoms with Gasteiger partial charge < -0.3 is 4.74 Å². The standard InChI is InChI=1S/C22H24OP.BrH/c1-19(23-2)18-24(20-12-6-3-7-13-20,21-14-8-4-9-15-21)22-16-10-5-11-17-22;/h3-17,19H,18H2,1-2H3;1H/q+1;. The molecule has 0 N–H and O–H groups in total. The van der Waals surface area contributed by atoms with Gasteiger partial charge in [0.1, 0.15) is 23.2 Å². The van der Waals surface area contributed by atoms with E-state index in [2.05, 4.69) is 97.9 Å². The average Bonchev–Trinajstić information content (AvgIpc) is 2.68. The van der Waals surface area contributed by atoms with Gasteiger partial charge in [0, 0.05) is 7.11 Å². The smallest absolute Gasteiger partial charge is 0.114 e. The lowest BCUT2D eigenvalue weighted by Crippen LogP contribution is -2.36. The summed E-state index contributed by atoms with van der Waals surface area (Å²) in [6.07, 6.45) is 1.20. The minimum absolute atomic E-state index is 0. The lowest BCUT2D eigenvalue weighted by Gasteiger charge is -2.29. The minimum Gasteiger partial charge on any atom is -0.378 e. The first kappa shape index (κ1) is 19.8. The first-order valence-corrected chi connectivity index (χ1v) is 10.3. The molecule has 130 valence electrons. The fraction of sp³-hybridized carbons (Fsp3) is 0.182. The molecule has 0 aliphatic rings. The van der Waals surface area contributed by atoms with Crippen LogP contribution in [0, 0.1) is 0 Å². The van der Waals surface area contributed by atoms with Gasteiger partial charge in [-0.15, -0.1) is 17.0 Å². The maximum atomic E-state index is 5.70. The summed E-state index contributed by atoms with van der Waals surface area (Å²) in [6.45, 7) is 2.17. The Balaban J connectivity index is 0.00000225. The predicted octanol–water partition coefficient (Wildman–Crippen LogP) is 4.59. The predicted molar refractivity (Wildman–Crippen MR) is 117 cm³/mol. The van der Waals surface area contributed by atoms with Crippen molar-refractivity contribution in [2.45, 2.75) is 13.0 Å². The fourth-order valence-corrected chi connectivity index (χ4v) is 7.76. The van der Waals surface area contributed by atoms with Gasteiger partial charge in [-0.1, -0.05) is 54.6 Å².